The van der Waals surface area contributed by atoms with Crippen LogP contribution in [0.15, 0.2) is 4.99 Å². The molecule has 1 unspecified atom stereocenters. The van der Waals surface area contributed by atoms with E-state index >= 15 is 0 Å². The van der Waals surface area contributed by atoms with Crippen molar-refractivity contribution in [3.8, 4) is 0 Å². The average molecular weight is 247 g/mol. The maximum atomic E-state index is 11.5. The SMILES string of the molecule is O=P12OCC(COCCC3C=N3)(CO1)CO2. The fraction of sp³-hybridized carbons (Fsp3) is 0.889. The number of fused-ring (bicyclic) bond motifs is 3. The summed E-state index contributed by atoms with van der Waals surface area (Å²) in [7, 11) is -3.19. The van der Waals surface area contributed by atoms with Gasteiger partial charge in [-0.3, -0.25) is 18.6 Å². The molecule has 0 aromatic rings. The van der Waals surface area contributed by atoms with E-state index in [1.54, 1.807) is 0 Å². The first-order valence-electron chi connectivity index (χ1n) is 5.35. The van der Waals surface area contributed by atoms with E-state index in [9.17, 15) is 4.57 Å². The van der Waals surface area contributed by atoms with Crippen molar-refractivity contribution in [1.82, 2.24) is 0 Å². The summed E-state index contributed by atoms with van der Waals surface area (Å²) in [5, 5.41) is 0. The van der Waals surface area contributed by atoms with Gasteiger partial charge in [-0.05, 0) is 6.42 Å². The van der Waals surface area contributed by atoms with E-state index in [4.69, 9.17) is 18.3 Å². The Morgan fingerprint density at radius 1 is 1.38 bits per heavy atom. The van der Waals surface area contributed by atoms with Gasteiger partial charge in [-0.2, -0.15) is 0 Å². The number of aliphatic imine (C=N–C) groups is 1. The van der Waals surface area contributed by atoms with Gasteiger partial charge in [0.05, 0.1) is 37.9 Å². The molecule has 6 nitrogen and oxygen atoms in total. The minimum Gasteiger partial charge on any atom is -0.381 e. The molecule has 4 aliphatic heterocycles. The first-order valence-corrected chi connectivity index (χ1v) is 6.81. The topological polar surface area (TPSA) is 66.4 Å². The molecule has 0 amide bonds. The molecule has 7 heteroatoms. The molecule has 0 saturated carbocycles. The molecule has 4 rings (SSSR count). The van der Waals surface area contributed by atoms with Crippen molar-refractivity contribution in [3.05, 3.63) is 0 Å². The molecule has 3 saturated heterocycles. The van der Waals surface area contributed by atoms with Gasteiger partial charge in [-0.25, -0.2) is 4.57 Å². The first kappa shape index (κ1) is 10.9. The van der Waals surface area contributed by atoms with Crippen LogP contribution in [0.3, 0.4) is 0 Å². The monoisotopic (exact) mass is 247 g/mol. The normalized spacial score (nSPS) is 44.9. The molecule has 3 fully saturated rings. The second-order valence-electron chi connectivity index (χ2n) is 4.47. The third kappa shape index (κ3) is 2.21. The van der Waals surface area contributed by atoms with Gasteiger partial charge in [0.2, 0.25) is 0 Å². The molecule has 0 aromatic carbocycles. The summed E-state index contributed by atoms with van der Waals surface area (Å²) in [4.78, 5) is 4.03. The van der Waals surface area contributed by atoms with Crippen molar-refractivity contribution in [2.45, 2.75) is 12.5 Å². The highest BCUT2D eigenvalue weighted by molar-refractivity contribution is 7.48. The Bertz CT molecular complexity index is 321. The van der Waals surface area contributed by atoms with Gasteiger partial charge in [0.25, 0.3) is 0 Å². The third-order valence-electron chi connectivity index (χ3n) is 2.91. The summed E-state index contributed by atoms with van der Waals surface area (Å²) in [5.41, 5.74) is -0.281. The summed E-state index contributed by atoms with van der Waals surface area (Å²) >= 11 is 0. The van der Waals surface area contributed by atoms with Crippen molar-refractivity contribution in [2.24, 2.45) is 10.4 Å². The van der Waals surface area contributed by atoms with Crippen LogP contribution in [-0.4, -0.2) is 45.3 Å². The van der Waals surface area contributed by atoms with Gasteiger partial charge in [0, 0.05) is 12.8 Å². The molecule has 90 valence electrons. The highest BCUT2D eigenvalue weighted by Crippen LogP contribution is 2.59. The fourth-order valence-corrected chi connectivity index (χ4v) is 3.23. The number of hydrogen-bond acceptors (Lipinski definition) is 6. The minimum absolute atomic E-state index is 0.281. The lowest BCUT2D eigenvalue weighted by molar-refractivity contribution is -0.126. The maximum Gasteiger partial charge on any atom is 0.474 e. The van der Waals surface area contributed by atoms with Crippen LogP contribution in [0, 0.1) is 5.41 Å². The molecule has 2 bridgehead atoms. The van der Waals surface area contributed by atoms with Crippen molar-refractivity contribution in [3.63, 3.8) is 0 Å². The van der Waals surface area contributed by atoms with Crippen LogP contribution in [0.4, 0.5) is 0 Å². The van der Waals surface area contributed by atoms with Gasteiger partial charge < -0.3 is 4.74 Å². The Kier molecular flexibility index (Phi) is 2.64. The smallest absolute Gasteiger partial charge is 0.381 e. The minimum atomic E-state index is -3.19. The molecular formula is C9H14NO5P. The van der Waals surface area contributed by atoms with E-state index in [-0.39, 0.29) is 5.41 Å². The lowest BCUT2D eigenvalue weighted by Gasteiger charge is -2.43. The van der Waals surface area contributed by atoms with Crippen LogP contribution >= 0.6 is 7.82 Å². The predicted octanol–water partition coefficient (Wildman–Crippen LogP) is 1.02. The van der Waals surface area contributed by atoms with Gasteiger partial charge in [-0.1, -0.05) is 0 Å². The molecule has 1 atom stereocenters. The summed E-state index contributed by atoms with van der Waals surface area (Å²) in [6, 6.07) is 0.388. The van der Waals surface area contributed by atoms with Gasteiger partial charge >= 0.3 is 7.82 Å². The standard InChI is InChI=1S/C9H14NO5P/c11-16-13-5-9(6-14-16,7-15-16)4-12-2-1-8-3-10-8/h3,8H,1-2,4-7H2. The van der Waals surface area contributed by atoms with Crippen LogP contribution in [-0.2, 0) is 22.9 Å². The van der Waals surface area contributed by atoms with E-state index in [0.29, 0.717) is 39.1 Å². The first-order chi connectivity index (χ1) is 7.70. The van der Waals surface area contributed by atoms with Crippen LogP contribution in [0.2, 0.25) is 0 Å². The molecular weight excluding hydrogens is 233 g/mol. The zero-order chi connectivity index (χ0) is 11.1. The molecule has 0 aliphatic carbocycles. The maximum absolute atomic E-state index is 11.5. The molecule has 0 N–H and O–H groups in total. The number of ether oxygens (including phenoxy) is 1. The lowest BCUT2D eigenvalue weighted by atomic mass is 9.92. The van der Waals surface area contributed by atoms with E-state index < -0.39 is 7.82 Å². The zero-order valence-corrected chi connectivity index (χ0v) is 9.73. The average Bonchev–Trinajstić information content (AvgIpc) is 3.11. The van der Waals surface area contributed by atoms with Gasteiger partial charge in [-0.15, -0.1) is 0 Å². The predicted molar refractivity (Wildman–Crippen MR) is 55.6 cm³/mol. The third-order valence-corrected chi connectivity index (χ3v) is 4.25. The van der Waals surface area contributed by atoms with E-state index in [0.717, 1.165) is 6.42 Å². The highest BCUT2D eigenvalue weighted by Gasteiger charge is 2.50. The molecule has 16 heavy (non-hydrogen) atoms. The zero-order valence-electron chi connectivity index (χ0n) is 8.83. The van der Waals surface area contributed by atoms with E-state index in [1.165, 1.54) is 0 Å². The Labute approximate surface area is 93.5 Å². The van der Waals surface area contributed by atoms with E-state index in [2.05, 4.69) is 4.99 Å². The van der Waals surface area contributed by atoms with Gasteiger partial charge in [0.1, 0.15) is 0 Å². The summed E-state index contributed by atoms with van der Waals surface area (Å²) in [6.45, 7) is 2.36. The molecule has 0 radical (unpaired) electrons. The Balaban J connectivity index is 1.44. The van der Waals surface area contributed by atoms with E-state index in [1.807, 2.05) is 6.21 Å². The van der Waals surface area contributed by atoms with Crippen molar-refractivity contribution in [2.75, 3.05) is 33.0 Å². The molecule has 4 aliphatic rings. The number of phosphoric ester groups is 1. The Morgan fingerprint density at radius 2 is 2.00 bits per heavy atom. The van der Waals surface area contributed by atoms with Crippen molar-refractivity contribution < 1.29 is 22.9 Å². The summed E-state index contributed by atoms with van der Waals surface area (Å²) in [5.74, 6) is 0. The number of nitrogens with zero attached hydrogens (tertiary/aromatic N) is 1. The van der Waals surface area contributed by atoms with Crippen molar-refractivity contribution >= 4 is 14.0 Å². The number of rotatable bonds is 5. The Hall–Kier alpha value is -0.260. The highest BCUT2D eigenvalue weighted by atomic mass is 31.2. The lowest BCUT2D eigenvalue weighted by Crippen LogP contribution is -2.47. The second-order valence-corrected chi connectivity index (χ2v) is 6.14. The van der Waals surface area contributed by atoms with Gasteiger partial charge in [0.15, 0.2) is 0 Å². The fourth-order valence-electron chi connectivity index (χ4n) is 1.71. The quantitative estimate of drug-likeness (QED) is 0.536. The summed E-state index contributed by atoms with van der Waals surface area (Å²) in [6.07, 6.45) is 2.84. The Morgan fingerprint density at radius 3 is 2.56 bits per heavy atom. The number of hydrogen-bond donors (Lipinski definition) is 0. The van der Waals surface area contributed by atoms with Crippen LogP contribution in [0.25, 0.3) is 0 Å². The molecule has 0 spiro atoms. The number of phosphoric acid groups is 1. The molecule has 4 heterocycles. The molecule has 0 aromatic heterocycles. The van der Waals surface area contributed by atoms with Crippen molar-refractivity contribution in [1.29, 1.82) is 0 Å². The van der Waals surface area contributed by atoms with Crippen LogP contribution in [0.1, 0.15) is 6.42 Å². The van der Waals surface area contributed by atoms with Crippen LogP contribution in [0.5, 0.6) is 0 Å². The van der Waals surface area contributed by atoms with Crippen LogP contribution < -0.4 is 0 Å². The second kappa shape index (κ2) is 3.89. The summed E-state index contributed by atoms with van der Waals surface area (Å²) < 4.78 is 32.2. The largest absolute Gasteiger partial charge is 0.474 e.